The molecule has 1 atom stereocenters. The number of hydrogen-bond acceptors (Lipinski definition) is 2. The molecule has 0 radical (unpaired) electrons. The van der Waals surface area contributed by atoms with Crippen LogP contribution in [0.2, 0.25) is 0 Å². The number of ether oxygens (including phenoxy) is 1. The Balaban J connectivity index is 2.55. The summed E-state index contributed by atoms with van der Waals surface area (Å²) < 4.78 is 5.86. The van der Waals surface area contributed by atoms with Crippen LogP contribution in [0.25, 0.3) is 0 Å². The Kier molecular flexibility index (Phi) is 6.06. The maximum Gasteiger partial charge on any atom is 0.119 e. The molecule has 17 heavy (non-hydrogen) atoms. The molecule has 0 aliphatic carbocycles. The molecule has 0 saturated carbocycles. The minimum Gasteiger partial charge on any atom is -0.489 e. The molecule has 0 spiro atoms. The maximum absolute atomic E-state index is 5.86. The summed E-state index contributed by atoms with van der Waals surface area (Å²) in [4.78, 5) is 0. The molecule has 0 fully saturated rings. The van der Waals surface area contributed by atoms with Gasteiger partial charge in [-0.05, 0) is 36.5 Å². The fourth-order valence-corrected chi connectivity index (χ4v) is 1.75. The number of benzene rings is 1. The van der Waals surface area contributed by atoms with Crippen LogP contribution in [0.3, 0.4) is 0 Å². The van der Waals surface area contributed by atoms with Crippen LogP contribution in [0.1, 0.15) is 39.2 Å². The Morgan fingerprint density at radius 2 is 1.82 bits per heavy atom. The Bertz CT molecular complexity index is 305. The number of nitrogens with two attached hydrogens (primary N) is 1. The molecule has 2 heteroatoms. The van der Waals surface area contributed by atoms with E-state index in [0.717, 1.165) is 12.2 Å². The van der Waals surface area contributed by atoms with Crippen molar-refractivity contribution in [1.82, 2.24) is 0 Å². The minimum atomic E-state index is 0.108. The number of rotatable bonds is 7. The van der Waals surface area contributed by atoms with E-state index in [2.05, 4.69) is 45.0 Å². The van der Waals surface area contributed by atoms with E-state index < -0.39 is 0 Å². The highest BCUT2D eigenvalue weighted by molar-refractivity contribution is 5.27. The topological polar surface area (TPSA) is 35.2 Å². The van der Waals surface area contributed by atoms with Crippen molar-refractivity contribution in [2.45, 2.75) is 46.1 Å². The van der Waals surface area contributed by atoms with Crippen molar-refractivity contribution in [3.8, 4) is 5.75 Å². The number of aryl methyl sites for hydroxylation is 1. The van der Waals surface area contributed by atoms with Gasteiger partial charge in [-0.15, -0.1) is 0 Å². The highest BCUT2D eigenvalue weighted by atomic mass is 16.5. The summed E-state index contributed by atoms with van der Waals surface area (Å²) in [6, 6.07) is 8.41. The van der Waals surface area contributed by atoms with Gasteiger partial charge in [-0.1, -0.05) is 39.3 Å². The highest BCUT2D eigenvalue weighted by Crippen LogP contribution is 2.17. The van der Waals surface area contributed by atoms with E-state index in [1.807, 2.05) is 0 Å². The molecule has 0 bridgehead atoms. The summed E-state index contributed by atoms with van der Waals surface area (Å²) in [7, 11) is 0. The van der Waals surface area contributed by atoms with Crippen molar-refractivity contribution in [3.63, 3.8) is 0 Å². The number of unbranched alkanes of at least 4 members (excludes halogenated alkanes) is 1. The van der Waals surface area contributed by atoms with Gasteiger partial charge in [0.1, 0.15) is 11.9 Å². The molecular weight excluding hydrogens is 210 g/mol. The van der Waals surface area contributed by atoms with E-state index in [4.69, 9.17) is 10.5 Å². The van der Waals surface area contributed by atoms with Gasteiger partial charge in [-0.3, -0.25) is 0 Å². The lowest BCUT2D eigenvalue weighted by Crippen LogP contribution is -2.31. The lowest BCUT2D eigenvalue weighted by Gasteiger charge is -2.21. The summed E-state index contributed by atoms with van der Waals surface area (Å²) in [6.07, 6.45) is 3.75. The van der Waals surface area contributed by atoms with Crippen LogP contribution in [-0.2, 0) is 6.42 Å². The standard InChI is InChI=1S/C15H25NO/c1-4-5-6-13-7-9-14(10-8-13)17-15(11-16)12(2)3/h7-10,12,15H,4-6,11,16H2,1-3H3. The van der Waals surface area contributed by atoms with Gasteiger partial charge in [0, 0.05) is 6.54 Å². The molecule has 1 rings (SSSR count). The van der Waals surface area contributed by atoms with Crippen LogP contribution in [0.15, 0.2) is 24.3 Å². The van der Waals surface area contributed by atoms with Gasteiger partial charge >= 0.3 is 0 Å². The van der Waals surface area contributed by atoms with Gasteiger partial charge in [0.2, 0.25) is 0 Å². The molecule has 1 aromatic rings. The average Bonchev–Trinajstić information content (AvgIpc) is 2.34. The second kappa shape index (κ2) is 7.33. The Hall–Kier alpha value is -1.02. The van der Waals surface area contributed by atoms with Gasteiger partial charge in [-0.25, -0.2) is 0 Å². The third-order valence-corrected chi connectivity index (χ3v) is 3.01. The zero-order chi connectivity index (χ0) is 12.7. The molecule has 1 unspecified atom stereocenters. The average molecular weight is 235 g/mol. The second-order valence-corrected chi connectivity index (χ2v) is 4.88. The van der Waals surface area contributed by atoms with Gasteiger partial charge in [0.25, 0.3) is 0 Å². The maximum atomic E-state index is 5.86. The molecule has 2 nitrogen and oxygen atoms in total. The molecular formula is C15H25NO. The Morgan fingerprint density at radius 3 is 2.29 bits per heavy atom. The van der Waals surface area contributed by atoms with Crippen LogP contribution in [0.5, 0.6) is 5.75 Å². The normalized spacial score (nSPS) is 12.8. The smallest absolute Gasteiger partial charge is 0.119 e. The van der Waals surface area contributed by atoms with Crippen molar-refractivity contribution >= 4 is 0 Å². The van der Waals surface area contributed by atoms with Crippen molar-refractivity contribution in [1.29, 1.82) is 0 Å². The monoisotopic (exact) mass is 235 g/mol. The molecule has 0 aliphatic rings. The predicted octanol–water partition coefficient (Wildman–Crippen LogP) is 3.39. The summed E-state index contributed by atoms with van der Waals surface area (Å²) in [5.74, 6) is 1.37. The molecule has 1 aromatic carbocycles. The third kappa shape index (κ3) is 4.78. The summed E-state index contributed by atoms with van der Waals surface area (Å²) in [6.45, 7) is 7.04. The first-order valence-electron chi connectivity index (χ1n) is 6.63. The van der Waals surface area contributed by atoms with E-state index in [0.29, 0.717) is 12.5 Å². The van der Waals surface area contributed by atoms with Crippen molar-refractivity contribution in [2.75, 3.05) is 6.54 Å². The first-order valence-corrected chi connectivity index (χ1v) is 6.63. The van der Waals surface area contributed by atoms with Crippen molar-refractivity contribution in [3.05, 3.63) is 29.8 Å². The molecule has 96 valence electrons. The fraction of sp³-hybridized carbons (Fsp3) is 0.600. The molecule has 0 heterocycles. The third-order valence-electron chi connectivity index (χ3n) is 3.01. The Labute approximate surface area is 105 Å². The highest BCUT2D eigenvalue weighted by Gasteiger charge is 2.12. The van der Waals surface area contributed by atoms with Crippen molar-refractivity contribution < 1.29 is 4.74 Å². The van der Waals surface area contributed by atoms with E-state index in [-0.39, 0.29) is 6.10 Å². The zero-order valence-electron chi connectivity index (χ0n) is 11.3. The SMILES string of the molecule is CCCCc1ccc(OC(CN)C(C)C)cc1. The minimum absolute atomic E-state index is 0.108. The predicted molar refractivity (Wildman–Crippen MR) is 73.4 cm³/mol. The van der Waals surface area contributed by atoms with Gasteiger partial charge in [-0.2, -0.15) is 0 Å². The van der Waals surface area contributed by atoms with Crippen molar-refractivity contribution in [2.24, 2.45) is 11.7 Å². The Morgan fingerprint density at radius 1 is 1.18 bits per heavy atom. The summed E-state index contributed by atoms with van der Waals surface area (Å²) >= 11 is 0. The quantitative estimate of drug-likeness (QED) is 0.786. The van der Waals surface area contributed by atoms with Gasteiger partial charge in [0.05, 0.1) is 0 Å². The van der Waals surface area contributed by atoms with Crippen LogP contribution in [-0.4, -0.2) is 12.6 Å². The van der Waals surface area contributed by atoms with E-state index >= 15 is 0 Å². The largest absolute Gasteiger partial charge is 0.489 e. The van der Waals surface area contributed by atoms with E-state index in [1.54, 1.807) is 0 Å². The number of hydrogen-bond donors (Lipinski definition) is 1. The molecule has 0 aliphatic heterocycles. The fourth-order valence-electron chi connectivity index (χ4n) is 1.75. The first-order chi connectivity index (χ1) is 8.17. The van der Waals surface area contributed by atoms with Gasteiger partial charge in [0.15, 0.2) is 0 Å². The van der Waals surface area contributed by atoms with Crippen LogP contribution in [0, 0.1) is 5.92 Å². The second-order valence-electron chi connectivity index (χ2n) is 4.88. The lowest BCUT2D eigenvalue weighted by atomic mass is 10.1. The lowest BCUT2D eigenvalue weighted by molar-refractivity contribution is 0.159. The molecule has 0 saturated heterocycles. The molecule has 0 amide bonds. The molecule has 2 N–H and O–H groups in total. The van der Waals surface area contributed by atoms with Crippen LogP contribution >= 0.6 is 0 Å². The van der Waals surface area contributed by atoms with Crippen LogP contribution in [0.4, 0.5) is 0 Å². The van der Waals surface area contributed by atoms with E-state index in [1.165, 1.54) is 18.4 Å². The summed E-state index contributed by atoms with van der Waals surface area (Å²) in [5.41, 5.74) is 7.07. The van der Waals surface area contributed by atoms with Crippen LogP contribution < -0.4 is 10.5 Å². The van der Waals surface area contributed by atoms with Gasteiger partial charge < -0.3 is 10.5 Å². The zero-order valence-corrected chi connectivity index (χ0v) is 11.3. The summed E-state index contributed by atoms with van der Waals surface area (Å²) in [5, 5.41) is 0. The van der Waals surface area contributed by atoms with E-state index in [9.17, 15) is 0 Å². The first kappa shape index (κ1) is 14.0. The molecule has 0 aromatic heterocycles.